The lowest BCUT2D eigenvalue weighted by molar-refractivity contribution is 0.544. The average Bonchev–Trinajstić information content (AvgIpc) is 2.51. The van der Waals surface area contributed by atoms with E-state index in [1.807, 2.05) is 6.92 Å². The summed E-state index contributed by atoms with van der Waals surface area (Å²) in [7, 11) is -3.85. The molecule has 0 heterocycles. The summed E-state index contributed by atoms with van der Waals surface area (Å²) in [6.45, 7) is 1.91. The maximum absolute atomic E-state index is 14.1. The summed E-state index contributed by atoms with van der Waals surface area (Å²) in [5.41, 5.74) is -0.131. The first-order chi connectivity index (χ1) is 10.9. The summed E-state index contributed by atoms with van der Waals surface area (Å²) in [5.74, 6) is -1.38. The zero-order valence-electron chi connectivity index (χ0n) is 12.6. The second-order valence-corrected chi connectivity index (χ2v) is 7.86. The van der Waals surface area contributed by atoms with Crippen molar-refractivity contribution >= 4 is 21.4 Å². The third-order valence-corrected chi connectivity index (χ3v) is 6.06. The van der Waals surface area contributed by atoms with Gasteiger partial charge in [-0.1, -0.05) is 31.4 Å². The summed E-state index contributed by atoms with van der Waals surface area (Å²) >= 11 is 5.78. The first kappa shape index (κ1) is 17.9. The Hall–Kier alpha value is -1.46. The van der Waals surface area contributed by atoms with E-state index in [9.17, 15) is 17.2 Å². The first-order valence-corrected chi connectivity index (χ1v) is 9.23. The van der Waals surface area contributed by atoms with E-state index >= 15 is 0 Å². The number of benzene rings is 2. The number of halogens is 3. The molecule has 0 amide bonds. The molecule has 0 radical (unpaired) electrons. The van der Waals surface area contributed by atoms with Crippen LogP contribution in [0.5, 0.6) is 0 Å². The Balaban J connectivity index is 2.53. The van der Waals surface area contributed by atoms with E-state index in [0.29, 0.717) is 11.4 Å². The molecule has 0 bridgehead atoms. The third kappa shape index (κ3) is 4.09. The quantitative estimate of drug-likeness (QED) is 0.700. The van der Waals surface area contributed by atoms with Gasteiger partial charge in [-0.05, 0) is 48.9 Å². The van der Waals surface area contributed by atoms with Crippen molar-refractivity contribution in [2.45, 2.75) is 36.3 Å². The molecule has 0 N–H and O–H groups in total. The van der Waals surface area contributed by atoms with Crippen LogP contribution < -0.4 is 0 Å². The molecular weight excluding hydrogens is 342 g/mol. The van der Waals surface area contributed by atoms with Gasteiger partial charge in [0, 0.05) is 10.6 Å². The fourth-order valence-corrected chi connectivity index (χ4v) is 4.38. The largest absolute Gasteiger partial charge is 0.223 e. The first-order valence-electron chi connectivity index (χ1n) is 7.30. The fraction of sp³-hybridized carbons (Fsp3) is 0.294. The van der Waals surface area contributed by atoms with Gasteiger partial charge in [0.25, 0.3) is 0 Å². The van der Waals surface area contributed by atoms with Crippen LogP contribution >= 0.6 is 11.6 Å². The summed E-state index contributed by atoms with van der Waals surface area (Å²) in [6, 6.07) is 8.59. The smallest absolute Gasteiger partial charge is 0.185 e. The average molecular weight is 359 g/mol. The van der Waals surface area contributed by atoms with E-state index in [-0.39, 0.29) is 16.9 Å². The van der Waals surface area contributed by atoms with Crippen LogP contribution in [-0.2, 0) is 9.84 Å². The van der Waals surface area contributed by atoms with Gasteiger partial charge in [0.2, 0.25) is 0 Å². The van der Waals surface area contributed by atoms with Crippen LogP contribution in [0.4, 0.5) is 8.78 Å². The lowest BCUT2D eigenvalue weighted by Crippen LogP contribution is -2.16. The summed E-state index contributed by atoms with van der Waals surface area (Å²) < 4.78 is 53.4. The predicted octanol–water partition coefficient (Wildman–Crippen LogP) is 5.32. The number of sulfone groups is 1. The third-order valence-electron chi connectivity index (χ3n) is 3.64. The molecular formula is C17H17ClF2O2S. The van der Waals surface area contributed by atoms with E-state index < -0.39 is 26.7 Å². The topological polar surface area (TPSA) is 34.1 Å². The molecule has 0 saturated carbocycles. The van der Waals surface area contributed by atoms with Gasteiger partial charge < -0.3 is 0 Å². The van der Waals surface area contributed by atoms with Gasteiger partial charge >= 0.3 is 0 Å². The molecule has 2 aromatic rings. The molecule has 0 aliphatic rings. The van der Waals surface area contributed by atoms with Crippen molar-refractivity contribution in [3.63, 3.8) is 0 Å². The molecule has 0 aliphatic carbocycles. The Kier molecular flexibility index (Phi) is 5.76. The maximum atomic E-state index is 14.1. The van der Waals surface area contributed by atoms with Gasteiger partial charge in [0.15, 0.2) is 9.84 Å². The molecule has 0 aliphatic heterocycles. The van der Waals surface area contributed by atoms with E-state index in [2.05, 4.69) is 0 Å². The van der Waals surface area contributed by atoms with Crippen molar-refractivity contribution in [1.29, 1.82) is 0 Å². The van der Waals surface area contributed by atoms with Crippen molar-refractivity contribution in [2.24, 2.45) is 0 Å². The summed E-state index contributed by atoms with van der Waals surface area (Å²) in [6.07, 6.45) is 1.57. The van der Waals surface area contributed by atoms with E-state index in [1.54, 1.807) is 0 Å². The standard InChI is InChI=1S/C17H17ClF2O2S/c1-2-3-4-17(15-11-13(19)7-10-16(15)20)23(21,22)14-8-5-12(18)6-9-14/h5-11,17H,2-4H2,1H3. The monoisotopic (exact) mass is 358 g/mol. The van der Waals surface area contributed by atoms with Gasteiger partial charge in [-0.15, -0.1) is 0 Å². The van der Waals surface area contributed by atoms with E-state index in [1.165, 1.54) is 24.3 Å². The molecule has 1 unspecified atom stereocenters. The summed E-state index contributed by atoms with van der Waals surface area (Å²) in [5, 5.41) is -0.717. The molecule has 124 valence electrons. The van der Waals surface area contributed by atoms with Crippen molar-refractivity contribution in [3.05, 3.63) is 64.7 Å². The Labute approximate surface area is 140 Å². The van der Waals surface area contributed by atoms with Gasteiger partial charge in [0.05, 0.1) is 10.1 Å². The van der Waals surface area contributed by atoms with Crippen molar-refractivity contribution < 1.29 is 17.2 Å². The van der Waals surface area contributed by atoms with Gasteiger partial charge in [-0.25, -0.2) is 17.2 Å². The fourth-order valence-electron chi connectivity index (χ4n) is 2.42. The number of hydrogen-bond donors (Lipinski definition) is 0. The van der Waals surface area contributed by atoms with Gasteiger partial charge in [0.1, 0.15) is 11.6 Å². The minimum atomic E-state index is -3.85. The Morgan fingerprint density at radius 1 is 1.09 bits per heavy atom. The normalized spacial score (nSPS) is 13.0. The van der Waals surface area contributed by atoms with Crippen molar-refractivity contribution in [2.75, 3.05) is 0 Å². The van der Waals surface area contributed by atoms with Crippen molar-refractivity contribution in [3.8, 4) is 0 Å². The zero-order chi connectivity index (χ0) is 17.0. The molecule has 2 rings (SSSR count). The highest BCUT2D eigenvalue weighted by Gasteiger charge is 2.31. The highest BCUT2D eigenvalue weighted by atomic mass is 35.5. The van der Waals surface area contributed by atoms with Gasteiger partial charge in [-0.3, -0.25) is 0 Å². The van der Waals surface area contributed by atoms with Crippen LogP contribution in [0, 0.1) is 11.6 Å². The Morgan fingerprint density at radius 2 is 1.74 bits per heavy atom. The molecule has 0 aromatic heterocycles. The molecule has 1 atom stereocenters. The zero-order valence-corrected chi connectivity index (χ0v) is 14.2. The summed E-state index contributed by atoms with van der Waals surface area (Å²) in [4.78, 5) is 0.0478. The lowest BCUT2D eigenvalue weighted by Gasteiger charge is -2.19. The van der Waals surface area contributed by atoms with Crippen LogP contribution in [-0.4, -0.2) is 8.42 Å². The van der Waals surface area contributed by atoms with Crippen LogP contribution in [0.2, 0.25) is 5.02 Å². The molecule has 0 saturated heterocycles. The second-order valence-electron chi connectivity index (χ2n) is 5.30. The number of rotatable bonds is 6. The highest BCUT2D eigenvalue weighted by Crippen LogP contribution is 2.35. The SMILES string of the molecule is CCCCC(c1cc(F)ccc1F)S(=O)(=O)c1ccc(Cl)cc1. The van der Waals surface area contributed by atoms with Crippen molar-refractivity contribution in [1.82, 2.24) is 0 Å². The predicted molar refractivity (Wildman–Crippen MR) is 87.3 cm³/mol. The molecule has 2 aromatic carbocycles. The Bertz CT molecular complexity index is 774. The lowest BCUT2D eigenvalue weighted by atomic mass is 10.1. The molecule has 23 heavy (non-hydrogen) atoms. The Morgan fingerprint density at radius 3 is 2.35 bits per heavy atom. The second kappa shape index (κ2) is 7.41. The highest BCUT2D eigenvalue weighted by molar-refractivity contribution is 7.91. The minimum Gasteiger partial charge on any atom is -0.223 e. The minimum absolute atomic E-state index is 0.0478. The molecule has 2 nitrogen and oxygen atoms in total. The van der Waals surface area contributed by atoms with Crippen LogP contribution in [0.15, 0.2) is 47.4 Å². The van der Waals surface area contributed by atoms with E-state index in [0.717, 1.165) is 24.6 Å². The number of hydrogen-bond acceptors (Lipinski definition) is 2. The molecule has 6 heteroatoms. The van der Waals surface area contributed by atoms with Crippen LogP contribution in [0.3, 0.4) is 0 Å². The molecule has 0 fully saturated rings. The number of unbranched alkanes of at least 4 members (excludes halogenated alkanes) is 1. The van der Waals surface area contributed by atoms with Gasteiger partial charge in [-0.2, -0.15) is 0 Å². The molecule has 0 spiro atoms. The van der Waals surface area contributed by atoms with Crippen LogP contribution in [0.1, 0.15) is 37.0 Å². The van der Waals surface area contributed by atoms with Crippen LogP contribution in [0.25, 0.3) is 0 Å². The van der Waals surface area contributed by atoms with E-state index in [4.69, 9.17) is 11.6 Å². The maximum Gasteiger partial charge on any atom is 0.185 e.